The minimum Gasteiger partial charge on any atom is -0.386 e. The van der Waals surface area contributed by atoms with Crippen LogP contribution < -0.4 is 0 Å². The van der Waals surface area contributed by atoms with Crippen molar-refractivity contribution in [2.24, 2.45) is 0 Å². The van der Waals surface area contributed by atoms with Gasteiger partial charge in [-0.15, -0.1) is 0 Å². The molecule has 1 saturated heterocycles. The minimum absolute atomic E-state index is 0.0393. The summed E-state index contributed by atoms with van der Waals surface area (Å²) in [7, 11) is 0. The van der Waals surface area contributed by atoms with Gasteiger partial charge in [0.2, 0.25) is 0 Å². The summed E-state index contributed by atoms with van der Waals surface area (Å²) in [5, 5.41) is 9.54. The molecule has 1 fully saturated rings. The summed E-state index contributed by atoms with van der Waals surface area (Å²) in [5.41, 5.74) is 0.940. The molecule has 1 aromatic rings. The van der Waals surface area contributed by atoms with Crippen LogP contribution in [-0.4, -0.2) is 17.8 Å². The third-order valence-corrected chi connectivity index (χ3v) is 1.85. The lowest BCUT2D eigenvalue weighted by Crippen LogP contribution is -2.03. The van der Waals surface area contributed by atoms with Crippen LogP contribution in [0.25, 0.3) is 0 Å². The quantitative estimate of drug-likeness (QED) is 0.707. The number of hydrogen-bond donors (Lipinski definition) is 1. The number of aliphatic hydroxyl groups is 1. The molecule has 0 amide bonds. The van der Waals surface area contributed by atoms with E-state index in [0.717, 1.165) is 5.56 Å². The molecule has 2 heteroatoms. The SMILES string of the molecule is CC.O[C@H](c1ccccc1)[C@H]1CO1. The molecule has 1 heterocycles. The Balaban J connectivity index is 0.000000396. The molecule has 72 valence electrons. The van der Waals surface area contributed by atoms with Gasteiger partial charge in [-0.3, -0.25) is 0 Å². The van der Waals surface area contributed by atoms with Gasteiger partial charge in [0.05, 0.1) is 6.61 Å². The maximum Gasteiger partial charge on any atom is 0.111 e. The van der Waals surface area contributed by atoms with Crippen molar-refractivity contribution in [2.75, 3.05) is 6.61 Å². The van der Waals surface area contributed by atoms with E-state index in [9.17, 15) is 5.11 Å². The van der Waals surface area contributed by atoms with Gasteiger partial charge in [-0.25, -0.2) is 0 Å². The molecule has 0 bridgehead atoms. The van der Waals surface area contributed by atoms with Crippen LogP contribution in [0.4, 0.5) is 0 Å². The zero-order chi connectivity index (χ0) is 9.68. The zero-order valence-electron chi connectivity index (χ0n) is 8.10. The van der Waals surface area contributed by atoms with Gasteiger partial charge in [0, 0.05) is 0 Å². The molecule has 1 aromatic carbocycles. The average Bonchev–Trinajstić information content (AvgIpc) is 3.05. The maximum absolute atomic E-state index is 9.54. The summed E-state index contributed by atoms with van der Waals surface area (Å²) in [6.45, 7) is 4.69. The lowest BCUT2D eigenvalue weighted by Gasteiger charge is -2.05. The van der Waals surface area contributed by atoms with E-state index in [1.165, 1.54) is 0 Å². The fraction of sp³-hybridized carbons (Fsp3) is 0.455. The van der Waals surface area contributed by atoms with Gasteiger partial charge in [-0.1, -0.05) is 44.2 Å². The van der Waals surface area contributed by atoms with E-state index < -0.39 is 6.10 Å². The van der Waals surface area contributed by atoms with Crippen LogP contribution in [0.5, 0.6) is 0 Å². The highest BCUT2D eigenvalue weighted by Crippen LogP contribution is 2.26. The fourth-order valence-corrected chi connectivity index (χ4v) is 1.10. The summed E-state index contributed by atoms with van der Waals surface area (Å²) in [5.74, 6) is 0. The van der Waals surface area contributed by atoms with Crippen LogP contribution >= 0.6 is 0 Å². The smallest absolute Gasteiger partial charge is 0.111 e. The lowest BCUT2D eigenvalue weighted by molar-refractivity contribution is 0.137. The van der Waals surface area contributed by atoms with Gasteiger partial charge in [0.15, 0.2) is 0 Å². The van der Waals surface area contributed by atoms with E-state index in [-0.39, 0.29) is 6.10 Å². The number of benzene rings is 1. The molecule has 2 atom stereocenters. The Labute approximate surface area is 79.2 Å². The van der Waals surface area contributed by atoms with Crippen molar-refractivity contribution in [3.05, 3.63) is 35.9 Å². The highest BCUT2D eigenvalue weighted by atomic mass is 16.6. The van der Waals surface area contributed by atoms with Crippen LogP contribution in [0.2, 0.25) is 0 Å². The number of ether oxygens (including phenoxy) is 1. The van der Waals surface area contributed by atoms with E-state index >= 15 is 0 Å². The number of aliphatic hydroxyl groups excluding tert-OH is 1. The first-order valence-corrected chi connectivity index (χ1v) is 4.72. The molecule has 0 aromatic heterocycles. The standard InChI is InChI=1S/C9H10O2.C2H6/c10-9(8-6-11-8)7-4-2-1-3-5-7;1-2/h1-5,8-10H,6H2;1-2H3/t8-,9-;/m1./s1. The van der Waals surface area contributed by atoms with Crippen molar-refractivity contribution in [1.29, 1.82) is 0 Å². The van der Waals surface area contributed by atoms with Gasteiger partial charge in [-0.2, -0.15) is 0 Å². The summed E-state index contributed by atoms with van der Waals surface area (Å²) >= 11 is 0. The lowest BCUT2D eigenvalue weighted by atomic mass is 10.1. The van der Waals surface area contributed by atoms with E-state index in [4.69, 9.17) is 4.74 Å². The van der Waals surface area contributed by atoms with Crippen molar-refractivity contribution in [1.82, 2.24) is 0 Å². The Morgan fingerprint density at radius 3 is 2.31 bits per heavy atom. The first-order chi connectivity index (χ1) is 6.38. The third-order valence-electron chi connectivity index (χ3n) is 1.85. The Kier molecular flexibility index (Phi) is 3.93. The molecule has 0 radical (unpaired) electrons. The van der Waals surface area contributed by atoms with Gasteiger partial charge >= 0.3 is 0 Å². The molecule has 1 N–H and O–H groups in total. The normalized spacial score (nSPS) is 21.3. The van der Waals surface area contributed by atoms with Gasteiger partial charge in [-0.05, 0) is 5.56 Å². The summed E-state index contributed by atoms with van der Waals surface area (Å²) in [6, 6.07) is 9.59. The summed E-state index contributed by atoms with van der Waals surface area (Å²) < 4.78 is 4.97. The zero-order valence-corrected chi connectivity index (χ0v) is 8.10. The second-order valence-corrected chi connectivity index (χ2v) is 2.73. The van der Waals surface area contributed by atoms with Crippen LogP contribution in [0.1, 0.15) is 25.5 Å². The Morgan fingerprint density at radius 1 is 1.31 bits per heavy atom. The van der Waals surface area contributed by atoms with E-state index in [1.807, 2.05) is 44.2 Å². The first-order valence-electron chi connectivity index (χ1n) is 4.72. The van der Waals surface area contributed by atoms with Crippen molar-refractivity contribution in [2.45, 2.75) is 26.1 Å². The van der Waals surface area contributed by atoms with E-state index in [2.05, 4.69) is 0 Å². The van der Waals surface area contributed by atoms with E-state index in [0.29, 0.717) is 6.61 Å². The van der Waals surface area contributed by atoms with Crippen molar-refractivity contribution in [3.63, 3.8) is 0 Å². The molecule has 1 aliphatic rings. The number of epoxide rings is 1. The van der Waals surface area contributed by atoms with Gasteiger partial charge in [0.25, 0.3) is 0 Å². The third kappa shape index (κ3) is 2.83. The monoisotopic (exact) mass is 180 g/mol. The van der Waals surface area contributed by atoms with Crippen LogP contribution in [0, 0.1) is 0 Å². The molecular formula is C11H16O2. The predicted molar refractivity (Wildman–Crippen MR) is 52.5 cm³/mol. The van der Waals surface area contributed by atoms with Gasteiger partial charge < -0.3 is 9.84 Å². The van der Waals surface area contributed by atoms with Crippen molar-refractivity contribution in [3.8, 4) is 0 Å². The second-order valence-electron chi connectivity index (χ2n) is 2.73. The molecule has 2 nitrogen and oxygen atoms in total. The molecule has 2 rings (SSSR count). The molecule has 13 heavy (non-hydrogen) atoms. The fourth-order valence-electron chi connectivity index (χ4n) is 1.10. The highest BCUT2D eigenvalue weighted by molar-refractivity contribution is 5.19. The van der Waals surface area contributed by atoms with E-state index in [1.54, 1.807) is 0 Å². The molecular weight excluding hydrogens is 164 g/mol. The highest BCUT2D eigenvalue weighted by Gasteiger charge is 2.31. The molecule has 0 aliphatic carbocycles. The molecule has 0 unspecified atom stereocenters. The first kappa shape index (κ1) is 10.2. The Bertz CT molecular complexity index is 229. The van der Waals surface area contributed by atoms with Crippen molar-refractivity contribution >= 4 is 0 Å². The van der Waals surface area contributed by atoms with Crippen molar-refractivity contribution < 1.29 is 9.84 Å². The van der Waals surface area contributed by atoms with Crippen LogP contribution in [0.15, 0.2) is 30.3 Å². The average molecular weight is 180 g/mol. The maximum atomic E-state index is 9.54. The largest absolute Gasteiger partial charge is 0.386 e. The number of rotatable bonds is 2. The Hall–Kier alpha value is -0.860. The number of hydrogen-bond acceptors (Lipinski definition) is 2. The molecule has 0 saturated carbocycles. The topological polar surface area (TPSA) is 32.8 Å². The summed E-state index contributed by atoms with van der Waals surface area (Å²) in [4.78, 5) is 0. The predicted octanol–water partition coefficient (Wildman–Crippen LogP) is 2.14. The van der Waals surface area contributed by atoms with Crippen LogP contribution in [-0.2, 0) is 4.74 Å². The minimum atomic E-state index is -0.434. The molecule has 0 spiro atoms. The molecule has 1 aliphatic heterocycles. The summed E-state index contributed by atoms with van der Waals surface area (Å²) in [6.07, 6.45) is -0.395. The second kappa shape index (κ2) is 5.00. The van der Waals surface area contributed by atoms with Crippen LogP contribution in [0.3, 0.4) is 0 Å². The Morgan fingerprint density at radius 2 is 1.85 bits per heavy atom. The van der Waals surface area contributed by atoms with Gasteiger partial charge in [0.1, 0.15) is 12.2 Å².